The van der Waals surface area contributed by atoms with Crippen LogP contribution in [0.3, 0.4) is 0 Å². The van der Waals surface area contributed by atoms with Gasteiger partial charge in [-0.2, -0.15) is 0 Å². The molecule has 2 aliphatic rings. The van der Waals surface area contributed by atoms with Gasteiger partial charge in [0.25, 0.3) is 0 Å². The van der Waals surface area contributed by atoms with Gasteiger partial charge in [-0.3, -0.25) is 4.79 Å². The molecule has 0 saturated heterocycles. The summed E-state index contributed by atoms with van der Waals surface area (Å²) in [6, 6.07) is 17.4. The predicted octanol–water partition coefficient (Wildman–Crippen LogP) is 5.13. The Morgan fingerprint density at radius 1 is 1.07 bits per heavy atom. The third-order valence-electron chi connectivity index (χ3n) is 5.20. The minimum absolute atomic E-state index is 0.186. The second-order valence-electron chi connectivity index (χ2n) is 7.16. The third-order valence-corrected chi connectivity index (χ3v) is 5.53. The molecule has 0 aromatic heterocycles. The summed E-state index contributed by atoms with van der Waals surface area (Å²) in [5.41, 5.74) is 3.02. The summed E-state index contributed by atoms with van der Waals surface area (Å²) >= 11 is 5.63. The lowest BCUT2D eigenvalue weighted by Gasteiger charge is -2.41. The zero-order valence-electron chi connectivity index (χ0n) is 16.0. The second-order valence-corrected chi connectivity index (χ2v) is 7.54. The number of allylic oxidation sites excluding steroid dienone is 1. The molecule has 1 aliphatic heterocycles. The van der Waals surface area contributed by atoms with Gasteiger partial charge in [0.15, 0.2) is 10.9 Å². The van der Waals surface area contributed by atoms with Crippen molar-refractivity contribution in [3.8, 4) is 11.5 Å². The number of nitrogens with zero attached hydrogens (tertiary/aromatic N) is 1. The van der Waals surface area contributed by atoms with Crippen LogP contribution < -0.4 is 10.1 Å². The minimum Gasteiger partial charge on any atom is -0.457 e. The maximum Gasteiger partial charge on any atom is 0.173 e. The first-order chi connectivity index (χ1) is 13.7. The molecule has 4 rings (SSSR count). The number of para-hydroxylation sites is 1. The Kier molecular flexibility index (Phi) is 5.44. The maximum absolute atomic E-state index is 12.8. The highest BCUT2D eigenvalue weighted by molar-refractivity contribution is 7.80. The van der Waals surface area contributed by atoms with Crippen molar-refractivity contribution in [1.29, 1.82) is 0 Å². The van der Waals surface area contributed by atoms with Crippen LogP contribution in [0.2, 0.25) is 0 Å². The number of hydrogen-bond acceptors (Lipinski definition) is 3. The van der Waals surface area contributed by atoms with E-state index < -0.39 is 0 Å². The van der Waals surface area contributed by atoms with Crippen LogP contribution >= 0.6 is 12.2 Å². The number of ketones is 1. The molecule has 0 saturated carbocycles. The van der Waals surface area contributed by atoms with Crippen molar-refractivity contribution >= 4 is 23.1 Å². The van der Waals surface area contributed by atoms with Gasteiger partial charge < -0.3 is 15.0 Å². The molecule has 0 radical (unpaired) electrons. The van der Waals surface area contributed by atoms with Gasteiger partial charge in [0, 0.05) is 24.2 Å². The first-order valence-electron chi connectivity index (χ1n) is 9.84. The lowest BCUT2D eigenvalue weighted by Crippen LogP contribution is -2.49. The van der Waals surface area contributed by atoms with E-state index in [1.807, 2.05) is 54.6 Å². The standard InChI is InChI=1S/C23H24N2O2S/c1-2-15-25-19-9-6-10-20(26)21(19)22(24-23(25)28)16-11-13-18(14-12-16)27-17-7-4-3-5-8-17/h3-5,7-8,11-14,22H,2,6,9-10,15H2,1H3,(H,24,28). The average molecular weight is 393 g/mol. The fraction of sp³-hybridized carbons (Fsp3) is 0.304. The number of hydrogen-bond donors (Lipinski definition) is 1. The summed E-state index contributed by atoms with van der Waals surface area (Å²) in [5, 5.41) is 4.12. The van der Waals surface area contributed by atoms with Gasteiger partial charge in [-0.15, -0.1) is 0 Å². The van der Waals surface area contributed by atoms with E-state index >= 15 is 0 Å². The summed E-state index contributed by atoms with van der Waals surface area (Å²) in [6.07, 6.45) is 3.41. The number of Topliss-reactive ketones (excluding diaryl/α,β-unsaturated/α-hetero) is 1. The highest BCUT2D eigenvalue weighted by Gasteiger charge is 2.36. The molecule has 1 atom stereocenters. The topological polar surface area (TPSA) is 41.6 Å². The van der Waals surface area contributed by atoms with E-state index in [9.17, 15) is 4.79 Å². The van der Waals surface area contributed by atoms with E-state index in [0.29, 0.717) is 11.5 Å². The van der Waals surface area contributed by atoms with Crippen LogP contribution in [-0.4, -0.2) is 22.3 Å². The summed E-state index contributed by atoms with van der Waals surface area (Å²) < 4.78 is 5.89. The largest absolute Gasteiger partial charge is 0.457 e. The molecular weight excluding hydrogens is 368 g/mol. The van der Waals surface area contributed by atoms with Gasteiger partial charge in [-0.05, 0) is 61.3 Å². The van der Waals surface area contributed by atoms with Gasteiger partial charge >= 0.3 is 0 Å². The second kappa shape index (κ2) is 8.15. The third kappa shape index (κ3) is 3.67. The van der Waals surface area contributed by atoms with Crippen molar-refractivity contribution in [2.75, 3.05) is 6.54 Å². The highest BCUT2D eigenvalue weighted by atomic mass is 32.1. The molecule has 0 spiro atoms. The molecule has 1 N–H and O–H groups in total. The first-order valence-corrected chi connectivity index (χ1v) is 10.3. The van der Waals surface area contributed by atoms with E-state index in [-0.39, 0.29) is 11.8 Å². The number of nitrogens with one attached hydrogen (secondary N) is 1. The van der Waals surface area contributed by atoms with Crippen LogP contribution in [0.1, 0.15) is 44.2 Å². The Morgan fingerprint density at radius 3 is 2.50 bits per heavy atom. The lowest BCUT2D eigenvalue weighted by molar-refractivity contribution is -0.116. The number of thiocarbonyl (C=S) groups is 1. The molecule has 2 aromatic rings. The summed E-state index contributed by atoms with van der Waals surface area (Å²) in [7, 11) is 0. The Hall–Kier alpha value is -2.66. The van der Waals surface area contributed by atoms with E-state index in [1.54, 1.807) is 0 Å². The molecule has 1 heterocycles. The SMILES string of the molecule is CCCN1C(=S)NC(c2ccc(Oc3ccccc3)cc2)C2=C1CCCC2=O. The maximum atomic E-state index is 12.8. The molecule has 2 aromatic carbocycles. The van der Waals surface area contributed by atoms with Gasteiger partial charge in [0.1, 0.15) is 11.5 Å². The summed E-state index contributed by atoms with van der Waals surface area (Å²) in [6.45, 7) is 2.97. The van der Waals surface area contributed by atoms with Crippen LogP contribution in [0, 0.1) is 0 Å². The monoisotopic (exact) mass is 392 g/mol. The van der Waals surface area contributed by atoms with E-state index in [2.05, 4.69) is 17.1 Å². The zero-order chi connectivity index (χ0) is 19.5. The Balaban J connectivity index is 1.63. The molecule has 4 nitrogen and oxygen atoms in total. The predicted molar refractivity (Wildman–Crippen MR) is 114 cm³/mol. The van der Waals surface area contributed by atoms with Crippen molar-refractivity contribution < 1.29 is 9.53 Å². The van der Waals surface area contributed by atoms with Gasteiger partial charge in [0.2, 0.25) is 0 Å². The number of benzene rings is 2. The minimum atomic E-state index is -0.186. The van der Waals surface area contributed by atoms with Crippen LogP contribution in [0.25, 0.3) is 0 Å². The van der Waals surface area contributed by atoms with E-state index in [4.69, 9.17) is 17.0 Å². The van der Waals surface area contributed by atoms with Crippen molar-refractivity contribution in [2.24, 2.45) is 0 Å². The Bertz CT molecular complexity index is 906. The summed E-state index contributed by atoms with van der Waals surface area (Å²) in [4.78, 5) is 14.9. The molecule has 0 bridgehead atoms. The van der Waals surface area contributed by atoms with Gasteiger partial charge in [0.05, 0.1) is 6.04 Å². The molecule has 1 aliphatic carbocycles. The molecule has 5 heteroatoms. The number of rotatable bonds is 5. The first kappa shape index (κ1) is 18.7. The van der Waals surface area contributed by atoms with E-state index in [0.717, 1.165) is 54.1 Å². The highest BCUT2D eigenvalue weighted by Crippen LogP contribution is 2.38. The molecule has 0 fully saturated rings. The summed E-state index contributed by atoms with van der Waals surface area (Å²) in [5.74, 6) is 1.80. The number of carbonyl (C=O) groups excluding carboxylic acids is 1. The van der Waals surface area contributed by atoms with E-state index in [1.165, 1.54) is 0 Å². The molecule has 1 unspecified atom stereocenters. The van der Waals surface area contributed by atoms with Crippen LogP contribution in [0.4, 0.5) is 0 Å². The Labute approximate surface area is 171 Å². The lowest BCUT2D eigenvalue weighted by atomic mass is 9.85. The van der Waals surface area contributed by atoms with Crippen molar-refractivity contribution in [2.45, 2.75) is 38.6 Å². The van der Waals surface area contributed by atoms with Gasteiger partial charge in [-0.1, -0.05) is 37.3 Å². The fourth-order valence-corrected chi connectivity index (χ4v) is 4.23. The van der Waals surface area contributed by atoms with Crippen LogP contribution in [0.5, 0.6) is 11.5 Å². The van der Waals surface area contributed by atoms with Crippen LogP contribution in [-0.2, 0) is 4.79 Å². The molecular formula is C23H24N2O2S. The normalized spacial score (nSPS) is 19.3. The van der Waals surface area contributed by atoms with Crippen molar-refractivity contribution in [1.82, 2.24) is 10.2 Å². The van der Waals surface area contributed by atoms with Gasteiger partial charge in [-0.25, -0.2) is 0 Å². The van der Waals surface area contributed by atoms with Crippen molar-refractivity contribution in [3.63, 3.8) is 0 Å². The Morgan fingerprint density at radius 2 is 1.79 bits per heavy atom. The molecule has 0 amide bonds. The molecule has 28 heavy (non-hydrogen) atoms. The average Bonchev–Trinajstić information content (AvgIpc) is 2.71. The van der Waals surface area contributed by atoms with Crippen LogP contribution in [0.15, 0.2) is 65.9 Å². The van der Waals surface area contributed by atoms with Crippen molar-refractivity contribution in [3.05, 3.63) is 71.4 Å². The zero-order valence-corrected chi connectivity index (χ0v) is 16.8. The fourth-order valence-electron chi connectivity index (χ4n) is 3.91. The smallest absolute Gasteiger partial charge is 0.173 e. The number of ether oxygens (including phenoxy) is 1. The number of carbonyl (C=O) groups is 1. The quantitative estimate of drug-likeness (QED) is 0.715. The molecule has 144 valence electrons.